The van der Waals surface area contributed by atoms with Crippen LogP contribution in [0.5, 0.6) is 0 Å². The van der Waals surface area contributed by atoms with Crippen LogP contribution in [0.4, 0.5) is 0 Å². The highest BCUT2D eigenvalue weighted by atomic mass is 16.4. The molecule has 0 radical (unpaired) electrons. The number of carboxylic acid groups (broad SMARTS) is 3. The summed E-state index contributed by atoms with van der Waals surface area (Å²) < 4.78 is 0. The van der Waals surface area contributed by atoms with Crippen molar-refractivity contribution in [3.8, 4) is 0 Å². The van der Waals surface area contributed by atoms with Crippen molar-refractivity contribution < 1.29 is 82.4 Å². The van der Waals surface area contributed by atoms with E-state index in [1.165, 1.54) is 0 Å². The van der Waals surface area contributed by atoms with Gasteiger partial charge in [-0.05, 0) is 44.9 Å². The van der Waals surface area contributed by atoms with Gasteiger partial charge in [0.15, 0.2) is 0 Å². The molecule has 0 saturated carbocycles. The molecule has 24 heteroatoms. The van der Waals surface area contributed by atoms with Crippen LogP contribution in [0.25, 0.3) is 0 Å². The van der Waals surface area contributed by atoms with Crippen LogP contribution in [-0.4, -0.2) is 142 Å². The fraction of sp³-hybridized carbons (Fsp3) is 0.600. The molecule has 7 atom stereocenters. The van der Waals surface area contributed by atoms with E-state index in [1.54, 1.807) is 0 Å². The Morgan fingerprint density at radius 1 is 0.373 bits per heavy atom. The lowest BCUT2D eigenvalue weighted by Crippen LogP contribution is -2.43. The number of hydrogen-bond donors (Lipinski definition) is 10. The zero-order chi connectivity index (χ0) is 44.9. The quantitative estimate of drug-likeness (QED) is 0.0275. The molecule has 0 aliphatic rings. The number of carbonyl (C=O) groups is 14. The molecule has 24 nitrogen and oxygen atoms in total. The van der Waals surface area contributed by atoms with Gasteiger partial charge in [0, 0.05) is 44.9 Å². The molecular weight excluding hydrogens is 790 g/mol. The molecule has 0 rings (SSSR count). The zero-order valence-corrected chi connectivity index (χ0v) is 32.0. The summed E-state index contributed by atoms with van der Waals surface area (Å²) in [6.45, 7) is 0. The van der Waals surface area contributed by atoms with E-state index in [0.29, 0.717) is 31.4 Å². The molecule has 0 fully saturated rings. The minimum atomic E-state index is -1.47. The number of carbonyl (C=O) groups excluding carboxylic acids is 11. The zero-order valence-electron chi connectivity index (χ0n) is 32.0. The standard InChI is InChI=1S/C35H51N7O17/c36-25(34(56)57)6-13-31(52)41-23(18-46)4-11-29(50)39-21(16-44)2-9-27(48)37-20(15-43)1-8-28(49)38-22(17-45)3-10-30(51)40-24(19-47)5-12-32(53)42-26(35(58)59)7-14-33(54)55/h15-26H,1-14,36H2,(H,37,48)(H,38,49)(H,39,50)(H,40,51)(H,41,52)(H,42,53)(H,54,55)(H,56,57)(H,58,59)/t20-,21-,22-,23-,24-,25+,26-/m0/s1. The van der Waals surface area contributed by atoms with Gasteiger partial charge in [-0.15, -0.1) is 0 Å². The van der Waals surface area contributed by atoms with Gasteiger partial charge in [0.2, 0.25) is 35.4 Å². The van der Waals surface area contributed by atoms with Crippen LogP contribution in [0.3, 0.4) is 0 Å². The SMILES string of the molecule is N[C@H](CCC(=O)N[C@H](C=O)CCC(=O)N[C@H](C=O)CCC(=O)N[C@H](C=O)CCC(=O)N[C@H](C=O)CCC(=O)N[C@H](C=O)CCC(=O)N[C@@H](CCC(=O)O)C(=O)O)C(=O)O. The molecule has 0 spiro atoms. The Labute approximate surface area is 336 Å². The highest BCUT2D eigenvalue weighted by Gasteiger charge is 2.23. The number of carboxylic acids is 3. The van der Waals surface area contributed by atoms with E-state index in [9.17, 15) is 67.1 Å². The van der Waals surface area contributed by atoms with Gasteiger partial charge in [-0.25, -0.2) is 4.79 Å². The Morgan fingerprint density at radius 2 is 0.627 bits per heavy atom. The Balaban J connectivity index is 4.67. The van der Waals surface area contributed by atoms with Crippen LogP contribution in [-0.2, 0) is 67.1 Å². The molecule has 0 unspecified atom stereocenters. The fourth-order valence-electron chi connectivity index (χ4n) is 4.90. The van der Waals surface area contributed by atoms with Crippen LogP contribution in [0.15, 0.2) is 0 Å². The van der Waals surface area contributed by atoms with Crippen LogP contribution < -0.4 is 37.6 Å². The summed E-state index contributed by atoms with van der Waals surface area (Å²) >= 11 is 0. The van der Waals surface area contributed by atoms with Crippen molar-refractivity contribution in [1.82, 2.24) is 31.9 Å². The first-order valence-electron chi connectivity index (χ1n) is 18.3. The van der Waals surface area contributed by atoms with E-state index in [4.69, 9.17) is 21.1 Å². The maximum absolute atomic E-state index is 12.4. The summed E-state index contributed by atoms with van der Waals surface area (Å²) in [6.07, 6.45) is -2.27. The molecule has 0 aromatic carbocycles. The third-order valence-corrected chi connectivity index (χ3v) is 8.25. The highest BCUT2D eigenvalue weighted by Crippen LogP contribution is 2.05. The van der Waals surface area contributed by atoms with Crippen LogP contribution in [0.2, 0.25) is 0 Å². The second-order valence-electron chi connectivity index (χ2n) is 13.1. The molecule has 0 aliphatic heterocycles. The van der Waals surface area contributed by atoms with Crippen LogP contribution in [0.1, 0.15) is 89.9 Å². The average Bonchev–Trinajstić information content (AvgIpc) is 3.19. The Morgan fingerprint density at radius 3 is 0.847 bits per heavy atom. The average molecular weight is 842 g/mol. The normalized spacial score (nSPS) is 14.1. The molecule has 0 aromatic heterocycles. The van der Waals surface area contributed by atoms with Crippen molar-refractivity contribution in [2.45, 2.75) is 132 Å². The predicted octanol–water partition coefficient (Wildman–Crippen LogP) is -4.07. The minimum absolute atomic E-state index is 0.151. The van der Waals surface area contributed by atoms with Crippen LogP contribution >= 0.6 is 0 Å². The van der Waals surface area contributed by atoms with Gasteiger partial charge in [-0.1, -0.05) is 0 Å². The summed E-state index contributed by atoms with van der Waals surface area (Å²) in [4.78, 5) is 164. The fourth-order valence-corrected chi connectivity index (χ4v) is 4.90. The summed E-state index contributed by atoms with van der Waals surface area (Å²) in [5.41, 5.74) is 5.33. The van der Waals surface area contributed by atoms with E-state index in [0.717, 1.165) is 0 Å². The van der Waals surface area contributed by atoms with Crippen molar-refractivity contribution in [1.29, 1.82) is 0 Å². The third-order valence-electron chi connectivity index (χ3n) is 8.25. The van der Waals surface area contributed by atoms with Gasteiger partial charge in [-0.2, -0.15) is 0 Å². The first-order valence-corrected chi connectivity index (χ1v) is 18.3. The van der Waals surface area contributed by atoms with Crippen molar-refractivity contribution in [2.75, 3.05) is 0 Å². The molecule has 6 amide bonds. The Bertz CT molecular complexity index is 1520. The van der Waals surface area contributed by atoms with Gasteiger partial charge in [0.1, 0.15) is 43.5 Å². The lowest BCUT2D eigenvalue weighted by Gasteiger charge is -2.17. The van der Waals surface area contributed by atoms with Crippen molar-refractivity contribution in [3.05, 3.63) is 0 Å². The van der Waals surface area contributed by atoms with Gasteiger partial charge < -0.3 is 76.9 Å². The number of hydrogen-bond acceptors (Lipinski definition) is 15. The maximum atomic E-state index is 12.4. The number of nitrogens with two attached hydrogens (primary N) is 1. The second-order valence-corrected chi connectivity index (χ2v) is 13.1. The van der Waals surface area contributed by atoms with Gasteiger partial charge in [0.05, 0.1) is 30.2 Å². The second kappa shape index (κ2) is 29.7. The molecule has 0 heterocycles. The molecule has 11 N–H and O–H groups in total. The van der Waals surface area contributed by atoms with Crippen molar-refractivity contribution in [3.63, 3.8) is 0 Å². The molecule has 328 valence electrons. The van der Waals surface area contributed by atoms with Gasteiger partial charge >= 0.3 is 17.9 Å². The molecule has 0 saturated heterocycles. The Kier molecular flexibility index (Phi) is 26.5. The topological polar surface area (TPSA) is 398 Å². The summed E-state index contributed by atoms with van der Waals surface area (Å²) in [7, 11) is 0. The monoisotopic (exact) mass is 841 g/mol. The summed E-state index contributed by atoms with van der Waals surface area (Å²) in [5.74, 6) is -8.31. The van der Waals surface area contributed by atoms with E-state index in [2.05, 4.69) is 31.9 Å². The lowest BCUT2D eigenvalue weighted by atomic mass is 10.1. The largest absolute Gasteiger partial charge is 0.481 e. The number of nitrogens with one attached hydrogen (secondary N) is 6. The molecule has 59 heavy (non-hydrogen) atoms. The Hall–Kier alpha value is -6.46. The lowest BCUT2D eigenvalue weighted by molar-refractivity contribution is -0.143. The third kappa shape index (κ3) is 25.4. The predicted molar refractivity (Wildman–Crippen MR) is 197 cm³/mol. The first-order chi connectivity index (χ1) is 27.9. The van der Waals surface area contributed by atoms with Crippen molar-refractivity contribution >= 4 is 84.8 Å². The number of aldehydes is 5. The van der Waals surface area contributed by atoms with E-state index < -0.39 is 102 Å². The van der Waals surface area contributed by atoms with E-state index in [-0.39, 0.29) is 83.5 Å². The maximum Gasteiger partial charge on any atom is 0.326 e. The smallest absolute Gasteiger partial charge is 0.326 e. The van der Waals surface area contributed by atoms with Gasteiger partial charge in [-0.3, -0.25) is 38.4 Å². The van der Waals surface area contributed by atoms with E-state index >= 15 is 0 Å². The highest BCUT2D eigenvalue weighted by molar-refractivity contribution is 5.86. The minimum Gasteiger partial charge on any atom is -0.481 e. The first kappa shape index (κ1) is 52.5. The molecule has 0 aliphatic carbocycles. The van der Waals surface area contributed by atoms with Crippen LogP contribution in [0, 0.1) is 0 Å². The van der Waals surface area contributed by atoms with Crippen molar-refractivity contribution in [2.24, 2.45) is 5.73 Å². The number of aliphatic carboxylic acids is 3. The summed E-state index contributed by atoms with van der Waals surface area (Å²) in [5, 5.41) is 40.5. The summed E-state index contributed by atoms with van der Waals surface area (Å²) in [6, 6.07) is -8.45. The molecule has 0 bridgehead atoms. The molecule has 0 aromatic rings. The van der Waals surface area contributed by atoms with Gasteiger partial charge in [0.25, 0.3) is 0 Å². The number of amides is 6. The molecular formula is C35H51N7O17. The van der Waals surface area contributed by atoms with E-state index in [1.807, 2.05) is 0 Å². The number of rotatable bonds is 34.